The van der Waals surface area contributed by atoms with Crippen LogP contribution in [0.15, 0.2) is 39.3 Å². The molecule has 1 atom stereocenters. The topological polar surface area (TPSA) is 61.6 Å². The molecule has 0 saturated carbocycles. The number of esters is 1. The number of ether oxygens (including phenoxy) is 2. The lowest BCUT2D eigenvalue weighted by Crippen LogP contribution is -2.15. The molecule has 118 valence electrons. The molecule has 2 rings (SSSR count). The monoisotopic (exact) mass is 367 g/mol. The minimum atomic E-state index is -0.445. The Morgan fingerprint density at radius 2 is 2.09 bits per heavy atom. The van der Waals surface area contributed by atoms with Crippen LogP contribution in [0.5, 0.6) is 5.75 Å². The summed E-state index contributed by atoms with van der Waals surface area (Å²) in [5, 5.41) is 3.82. The number of aromatic nitrogens is 1. The fourth-order valence-corrected chi connectivity index (χ4v) is 2.34. The summed E-state index contributed by atoms with van der Waals surface area (Å²) in [5.41, 5.74) is 0.745. The van der Waals surface area contributed by atoms with Crippen LogP contribution in [-0.2, 0) is 9.53 Å². The molecule has 0 saturated heterocycles. The molecule has 0 aliphatic heterocycles. The molecule has 1 unspecified atom stereocenters. The number of halogens is 1. The molecule has 1 heterocycles. The number of hydrogen-bond acceptors (Lipinski definition) is 5. The van der Waals surface area contributed by atoms with E-state index in [1.165, 1.54) is 7.11 Å². The maximum Gasteiger partial charge on any atom is 0.316 e. The molecule has 0 radical (unpaired) electrons. The van der Waals surface area contributed by atoms with Crippen LogP contribution in [0.25, 0.3) is 0 Å². The predicted molar refractivity (Wildman–Crippen MR) is 84.9 cm³/mol. The van der Waals surface area contributed by atoms with E-state index in [9.17, 15) is 4.79 Å². The fraction of sp³-hybridized carbons (Fsp3) is 0.375. The Hall–Kier alpha value is -1.82. The first kappa shape index (κ1) is 16.5. The molecule has 2 aromatic rings. The Kier molecular flexibility index (Phi) is 6.00. The van der Waals surface area contributed by atoms with Crippen LogP contribution in [-0.4, -0.2) is 24.8 Å². The quantitative estimate of drug-likeness (QED) is 0.549. The molecular weight excluding hydrogens is 350 g/mol. The Morgan fingerprint density at radius 1 is 1.36 bits per heavy atom. The van der Waals surface area contributed by atoms with E-state index in [4.69, 9.17) is 14.0 Å². The van der Waals surface area contributed by atoms with E-state index in [0.29, 0.717) is 25.2 Å². The second kappa shape index (κ2) is 7.98. The van der Waals surface area contributed by atoms with Crippen molar-refractivity contribution in [2.24, 2.45) is 0 Å². The predicted octanol–water partition coefficient (Wildman–Crippen LogP) is 3.86. The van der Waals surface area contributed by atoms with E-state index in [1.54, 1.807) is 6.07 Å². The van der Waals surface area contributed by atoms with Crippen molar-refractivity contribution >= 4 is 21.9 Å². The summed E-state index contributed by atoms with van der Waals surface area (Å²) in [6.45, 7) is 2.33. The molecule has 22 heavy (non-hydrogen) atoms. The summed E-state index contributed by atoms with van der Waals surface area (Å²) < 4.78 is 16.7. The molecule has 6 heteroatoms. The number of carbonyl (C=O) groups excluding carboxylic acids is 1. The average molecular weight is 368 g/mol. The van der Waals surface area contributed by atoms with Gasteiger partial charge in [0.05, 0.1) is 19.4 Å². The Morgan fingerprint density at radius 3 is 2.68 bits per heavy atom. The zero-order chi connectivity index (χ0) is 15.9. The van der Waals surface area contributed by atoms with Gasteiger partial charge in [-0.05, 0) is 44.0 Å². The summed E-state index contributed by atoms with van der Waals surface area (Å²) in [5.74, 6) is 0.570. The molecule has 0 spiro atoms. The van der Waals surface area contributed by atoms with Crippen LogP contribution in [0, 0.1) is 6.92 Å². The molecule has 5 nitrogen and oxygen atoms in total. The molecule has 1 aromatic heterocycles. The van der Waals surface area contributed by atoms with Crippen LogP contribution in [0.2, 0.25) is 0 Å². The third kappa shape index (κ3) is 4.59. The standard InChI is InChI=1S/C16H18BrNO4/c1-11-10-15(22-18-11)14(16(19)20-2)4-3-9-21-13-7-5-12(17)6-8-13/h5-8,10,14H,3-4,9H2,1-2H3. The normalized spacial score (nSPS) is 12.0. The number of methoxy groups -OCH3 is 1. The van der Waals surface area contributed by atoms with E-state index < -0.39 is 5.92 Å². The maximum atomic E-state index is 11.9. The number of benzene rings is 1. The van der Waals surface area contributed by atoms with Crippen molar-refractivity contribution in [1.29, 1.82) is 0 Å². The van der Waals surface area contributed by atoms with Crippen molar-refractivity contribution in [3.05, 3.63) is 46.3 Å². The van der Waals surface area contributed by atoms with Gasteiger partial charge in [-0.2, -0.15) is 0 Å². The number of hydrogen-bond donors (Lipinski definition) is 0. The first-order chi connectivity index (χ1) is 10.6. The highest BCUT2D eigenvalue weighted by Crippen LogP contribution is 2.24. The van der Waals surface area contributed by atoms with Gasteiger partial charge in [0.25, 0.3) is 0 Å². The van der Waals surface area contributed by atoms with Gasteiger partial charge in [0.15, 0.2) is 5.76 Å². The van der Waals surface area contributed by atoms with Gasteiger partial charge in [0.1, 0.15) is 11.7 Å². The Labute approximate surface area is 137 Å². The number of nitrogens with zero attached hydrogens (tertiary/aromatic N) is 1. The molecule has 0 amide bonds. The lowest BCUT2D eigenvalue weighted by Gasteiger charge is -2.12. The third-order valence-corrected chi connectivity index (χ3v) is 3.72. The minimum absolute atomic E-state index is 0.320. The largest absolute Gasteiger partial charge is 0.494 e. The van der Waals surface area contributed by atoms with Crippen molar-refractivity contribution in [3.8, 4) is 5.75 Å². The highest BCUT2D eigenvalue weighted by molar-refractivity contribution is 9.10. The summed E-state index contributed by atoms with van der Waals surface area (Å²) in [7, 11) is 1.37. The van der Waals surface area contributed by atoms with E-state index in [-0.39, 0.29) is 5.97 Å². The molecule has 0 aliphatic rings. The van der Waals surface area contributed by atoms with E-state index in [0.717, 1.165) is 15.9 Å². The van der Waals surface area contributed by atoms with Crippen molar-refractivity contribution in [2.75, 3.05) is 13.7 Å². The molecule has 0 fully saturated rings. The van der Waals surface area contributed by atoms with Gasteiger partial charge in [-0.3, -0.25) is 4.79 Å². The summed E-state index contributed by atoms with van der Waals surface area (Å²) >= 11 is 3.37. The maximum absolute atomic E-state index is 11.9. The van der Waals surface area contributed by atoms with E-state index in [2.05, 4.69) is 21.1 Å². The first-order valence-electron chi connectivity index (χ1n) is 6.99. The third-order valence-electron chi connectivity index (χ3n) is 3.19. The SMILES string of the molecule is COC(=O)C(CCCOc1ccc(Br)cc1)c1cc(C)no1. The molecule has 1 aromatic carbocycles. The van der Waals surface area contributed by atoms with E-state index in [1.807, 2.05) is 31.2 Å². The van der Waals surface area contributed by atoms with Crippen LogP contribution < -0.4 is 4.74 Å². The molecule has 0 bridgehead atoms. The smallest absolute Gasteiger partial charge is 0.316 e. The van der Waals surface area contributed by atoms with Gasteiger partial charge in [0, 0.05) is 10.5 Å². The fourth-order valence-electron chi connectivity index (χ4n) is 2.07. The number of rotatable bonds is 7. The van der Waals surface area contributed by atoms with E-state index >= 15 is 0 Å². The summed E-state index contributed by atoms with van der Waals surface area (Å²) in [6, 6.07) is 9.38. The molecule has 0 aliphatic carbocycles. The highest BCUT2D eigenvalue weighted by Gasteiger charge is 2.25. The van der Waals surface area contributed by atoms with Crippen LogP contribution in [0.3, 0.4) is 0 Å². The molecule has 0 N–H and O–H groups in total. The van der Waals surface area contributed by atoms with Crippen molar-refractivity contribution in [1.82, 2.24) is 5.16 Å². The number of carbonyl (C=O) groups is 1. The van der Waals surface area contributed by atoms with Crippen LogP contribution in [0.1, 0.15) is 30.2 Å². The minimum Gasteiger partial charge on any atom is -0.494 e. The van der Waals surface area contributed by atoms with Gasteiger partial charge in [-0.25, -0.2) is 0 Å². The van der Waals surface area contributed by atoms with Crippen molar-refractivity contribution in [3.63, 3.8) is 0 Å². The lowest BCUT2D eigenvalue weighted by molar-refractivity contribution is -0.143. The van der Waals surface area contributed by atoms with Gasteiger partial charge in [0.2, 0.25) is 0 Å². The average Bonchev–Trinajstić information content (AvgIpc) is 2.94. The molecular formula is C16H18BrNO4. The lowest BCUT2D eigenvalue weighted by atomic mass is 10.0. The van der Waals surface area contributed by atoms with Crippen molar-refractivity contribution < 1.29 is 18.8 Å². The van der Waals surface area contributed by atoms with Crippen LogP contribution in [0.4, 0.5) is 0 Å². The summed E-state index contributed by atoms with van der Waals surface area (Å²) in [6.07, 6.45) is 1.29. The van der Waals surface area contributed by atoms with Crippen LogP contribution >= 0.6 is 15.9 Å². The van der Waals surface area contributed by atoms with Gasteiger partial charge in [-0.15, -0.1) is 0 Å². The Balaban J connectivity index is 1.86. The second-order valence-corrected chi connectivity index (χ2v) is 5.81. The zero-order valence-corrected chi connectivity index (χ0v) is 14.1. The summed E-state index contributed by atoms with van der Waals surface area (Å²) in [4.78, 5) is 11.9. The highest BCUT2D eigenvalue weighted by atomic mass is 79.9. The van der Waals surface area contributed by atoms with Crippen molar-refractivity contribution in [2.45, 2.75) is 25.7 Å². The van der Waals surface area contributed by atoms with Gasteiger partial charge >= 0.3 is 5.97 Å². The van der Waals surface area contributed by atoms with Gasteiger partial charge < -0.3 is 14.0 Å². The zero-order valence-electron chi connectivity index (χ0n) is 12.5. The second-order valence-electron chi connectivity index (χ2n) is 4.89. The number of aryl methyl sites for hydroxylation is 1. The Bertz CT molecular complexity index is 609. The first-order valence-corrected chi connectivity index (χ1v) is 7.79. The van der Waals surface area contributed by atoms with Gasteiger partial charge in [-0.1, -0.05) is 21.1 Å².